The SMILES string of the molecule is CC(C)OCc1ccc(F)c(F)c1F. The molecule has 4 heteroatoms. The molecule has 0 atom stereocenters. The highest BCUT2D eigenvalue weighted by molar-refractivity contribution is 5.19. The lowest BCUT2D eigenvalue weighted by Gasteiger charge is -2.08. The number of ether oxygens (including phenoxy) is 1. The van der Waals surface area contributed by atoms with Gasteiger partial charge < -0.3 is 4.74 Å². The molecule has 0 spiro atoms. The van der Waals surface area contributed by atoms with E-state index < -0.39 is 17.5 Å². The first-order valence-corrected chi connectivity index (χ1v) is 4.26. The maximum absolute atomic E-state index is 13.0. The van der Waals surface area contributed by atoms with Crippen LogP contribution in [0.3, 0.4) is 0 Å². The van der Waals surface area contributed by atoms with Crippen LogP contribution in [0.25, 0.3) is 0 Å². The van der Waals surface area contributed by atoms with Crippen LogP contribution in [-0.2, 0) is 11.3 Å². The third kappa shape index (κ3) is 2.48. The summed E-state index contributed by atoms with van der Waals surface area (Å²) in [6, 6.07) is 2.06. The third-order valence-electron chi connectivity index (χ3n) is 1.69. The molecule has 0 fully saturated rings. The molecule has 0 aliphatic heterocycles. The van der Waals surface area contributed by atoms with E-state index in [0.717, 1.165) is 6.07 Å². The van der Waals surface area contributed by atoms with Crippen molar-refractivity contribution < 1.29 is 17.9 Å². The zero-order valence-electron chi connectivity index (χ0n) is 7.98. The van der Waals surface area contributed by atoms with Gasteiger partial charge in [-0.1, -0.05) is 6.07 Å². The second kappa shape index (κ2) is 4.46. The van der Waals surface area contributed by atoms with Crippen LogP contribution in [0.4, 0.5) is 13.2 Å². The van der Waals surface area contributed by atoms with Crippen molar-refractivity contribution in [2.24, 2.45) is 0 Å². The zero-order chi connectivity index (χ0) is 10.7. The molecule has 14 heavy (non-hydrogen) atoms. The summed E-state index contributed by atoms with van der Waals surface area (Å²) in [7, 11) is 0. The fraction of sp³-hybridized carbons (Fsp3) is 0.400. The number of halogens is 3. The van der Waals surface area contributed by atoms with Crippen molar-refractivity contribution in [3.63, 3.8) is 0 Å². The lowest BCUT2D eigenvalue weighted by molar-refractivity contribution is 0.0634. The second-order valence-electron chi connectivity index (χ2n) is 3.19. The fourth-order valence-electron chi connectivity index (χ4n) is 0.934. The third-order valence-corrected chi connectivity index (χ3v) is 1.69. The highest BCUT2D eigenvalue weighted by Gasteiger charge is 2.13. The molecule has 1 aromatic rings. The van der Waals surface area contributed by atoms with E-state index >= 15 is 0 Å². The molecule has 0 saturated carbocycles. The van der Waals surface area contributed by atoms with Crippen molar-refractivity contribution >= 4 is 0 Å². The Hall–Kier alpha value is -1.03. The van der Waals surface area contributed by atoms with Crippen LogP contribution in [0.15, 0.2) is 12.1 Å². The summed E-state index contributed by atoms with van der Waals surface area (Å²) in [6.07, 6.45) is -0.0810. The van der Waals surface area contributed by atoms with E-state index in [4.69, 9.17) is 4.74 Å². The highest BCUT2D eigenvalue weighted by atomic mass is 19.2. The Bertz CT molecular complexity index is 323. The Morgan fingerprint density at radius 1 is 1.14 bits per heavy atom. The van der Waals surface area contributed by atoms with E-state index in [2.05, 4.69) is 0 Å². The quantitative estimate of drug-likeness (QED) is 0.687. The Morgan fingerprint density at radius 3 is 2.36 bits per heavy atom. The molecule has 0 unspecified atom stereocenters. The standard InChI is InChI=1S/C10H11F3O/c1-6(2)14-5-7-3-4-8(11)10(13)9(7)12/h3-4,6H,5H2,1-2H3. The van der Waals surface area contributed by atoms with E-state index in [1.165, 1.54) is 6.07 Å². The Labute approximate surface area is 80.5 Å². The number of hydrogen-bond donors (Lipinski definition) is 0. The van der Waals surface area contributed by atoms with Crippen molar-refractivity contribution in [3.8, 4) is 0 Å². The first-order valence-electron chi connectivity index (χ1n) is 4.26. The molecule has 0 N–H and O–H groups in total. The number of rotatable bonds is 3. The summed E-state index contributed by atoms with van der Waals surface area (Å²) >= 11 is 0. The van der Waals surface area contributed by atoms with Crippen LogP contribution >= 0.6 is 0 Å². The van der Waals surface area contributed by atoms with E-state index in [1.54, 1.807) is 13.8 Å². The maximum atomic E-state index is 13.0. The van der Waals surface area contributed by atoms with Gasteiger partial charge in [0.05, 0.1) is 12.7 Å². The van der Waals surface area contributed by atoms with Gasteiger partial charge in [-0.25, -0.2) is 13.2 Å². The van der Waals surface area contributed by atoms with Gasteiger partial charge in [-0.05, 0) is 19.9 Å². The summed E-state index contributed by atoms with van der Waals surface area (Å²) in [5, 5.41) is 0. The molecule has 0 aliphatic rings. The average molecular weight is 204 g/mol. The zero-order valence-corrected chi connectivity index (χ0v) is 7.98. The molecule has 1 aromatic carbocycles. The minimum Gasteiger partial charge on any atom is -0.374 e. The summed E-state index contributed by atoms with van der Waals surface area (Å²) in [5.74, 6) is -3.81. The predicted octanol–water partition coefficient (Wildman–Crippen LogP) is 3.03. The topological polar surface area (TPSA) is 9.23 Å². The molecule has 78 valence electrons. The maximum Gasteiger partial charge on any atom is 0.194 e. The highest BCUT2D eigenvalue weighted by Crippen LogP contribution is 2.16. The minimum absolute atomic E-state index is 0.0256. The molecule has 0 aliphatic carbocycles. The van der Waals surface area contributed by atoms with Crippen molar-refractivity contribution in [1.82, 2.24) is 0 Å². The number of benzene rings is 1. The molecule has 0 saturated heterocycles. The smallest absolute Gasteiger partial charge is 0.194 e. The van der Waals surface area contributed by atoms with Crippen LogP contribution in [-0.4, -0.2) is 6.10 Å². The minimum atomic E-state index is -1.45. The monoisotopic (exact) mass is 204 g/mol. The molecule has 0 aromatic heterocycles. The molecule has 1 nitrogen and oxygen atoms in total. The number of hydrogen-bond acceptors (Lipinski definition) is 1. The second-order valence-corrected chi connectivity index (χ2v) is 3.19. The molecule has 1 rings (SSSR count). The van der Waals surface area contributed by atoms with Gasteiger partial charge in [0, 0.05) is 5.56 Å². The molecular formula is C10H11F3O. The normalized spacial score (nSPS) is 11.0. The van der Waals surface area contributed by atoms with E-state index in [0.29, 0.717) is 0 Å². The summed E-state index contributed by atoms with van der Waals surface area (Å²) in [5.41, 5.74) is 0.0256. The van der Waals surface area contributed by atoms with Crippen LogP contribution < -0.4 is 0 Å². The van der Waals surface area contributed by atoms with Gasteiger partial charge in [-0.2, -0.15) is 0 Å². The first kappa shape index (κ1) is 11.0. The van der Waals surface area contributed by atoms with Gasteiger partial charge in [0.25, 0.3) is 0 Å². The van der Waals surface area contributed by atoms with Gasteiger partial charge in [-0.15, -0.1) is 0 Å². The average Bonchev–Trinajstić information content (AvgIpc) is 2.13. The lowest BCUT2D eigenvalue weighted by Crippen LogP contribution is -2.05. The Morgan fingerprint density at radius 2 is 1.79 bits per heavy atom. The van der Waals surface area contributed by atoms with Crippen molar-refractivity contribution in [3.05, 3.63) is 35.1 Å². The van der Waals surface area contributed by atoms with Gasteiger partial charge in [0.15, 0.2) is 17.5 Å². The Balaban J connectivity index is 2.83. The van der Waals surface area contributed by atoms with Crippen LogP contribution in [0.2, 0.25) is 0 Å². The molecule has 0 amide bonds. The Kier molecular flexibility index (Phi) is 3.52. The molecule has 0 bridgehead atoms. The van der Waals surface area contributed by atoms with Crippen molar-refractivity contribution in [2.75, 3.05) is 0 Å². The van der Waals surface area contributed by atoms with Crippen LogP contribution in [0.5, 0.6) is 0 Å². The van der Waals surface area contributed by atoms with Crippen LogP contribution in [0, 0.1) is 17.5 Å². The van der Waals surface area contributed by atoms with Gasteiger partial charge in [0.1, 0.15) is 0 Å². The van der Waals surface area contributed by atoms with E-state index in [-0.39, 0.29) is 18.3 Å². The first-order chi connectivity index (χ1) is 6.52. The molecule has 0 radical (unpaired) electrons. The molecule has 0 heterocycles. The lowest BCUT2D eigenvalue weighted by atomic mass is 10.2. The predicted molar refractivity (Wildman–Crippen MR) is 46.2 cm³/mol. The van der Waals surface area contributed by atoms with Gasteiger partial charge in [-0.3, -0.25) is 0 Å². The van der Waals surface area contributed by atoms with E-state index in [9.17, 15) is 13.2 Å². The van der Waals surface area contributed by atoms with Gasteiger partial charge >= 0.3 is 0 Å². The van der Waals surface area contributed by atoms with Gasteiger partial charge in [0.2, 0.25) is 0 Å². The fourth-order valence-corrected chi connectivity index (χ4v) is 0.934. The van der Waals surface area contributed by atoms with Crippen molar-refractivity contribution in [1.29, 1.82) is 0 Å². The summed E-state index contributed by atoms with van der Waals surface area (Å²) in [4.78, 5) is 0. The van der Waals surface area contributed by atoms with Crippen LogP contribution in [0.1, 0.15) is 19.4 Å². The summed E-state index contributed by atoms with van der Waals surface area (Å²) < 4.78 is 43.3. The summed E-state index contributed by atoms with van der Waals surface area (Å²) in [6.45, 7) is 3.50. The molecular weight excluding hydrogens is 193 g/mol. The largest absolute Gasteiger partial charge is 0.374 e. The van der Waals surface area contributed by atoms with Crippen molar-refractivity contribution in [2.45, 2.75) is 26.6 Å². The van der Waals surface area contributed by atoms with E-state index in [1.807, 2.05) is 0 Å².